The van der Waals surface area contributed by atoms with Crippen LogP contribution in [0.15, 0.2) is 18.2 Å². The molecular formula is C15H23NO. The van der Waals surface area contributed by atoms with Crippen molar-refractivity contribution in [2.75, 3.05) is 6.54 Å². The van der Waals surface area contributed by atoms with E-state index in [4.69, 9.17) is 5.73 Å². The maximum Gasteiger partial charge on any atom is 0.163 e. The van der Waals surface area contributed by atoms with E-state index < -0.39 is 0 Å². The molecule has 0 radical (unpaired) electrons. The smallest absolute Gasteiger partial charge is 0.163 e. The van der Waals surface area contributed by atoms with E-state index in [1.807, 2.05) is 32.0 Å². The van der Waals surface area contributed by atoms with E-state index in [1.165, 1.54) is 5.56 Å². The van der Waals surface area contributed by atoms with Gasteiger partial charge in [-0.25, -0.2) is 0 Å². The van der Waals surface area contributed by atoms with Gasteiger partial charge in [0.1, 0.15) is 0 Å². The van der Waals surface area contributed by atoms with Crippen molar-refractivity contribution in [3.05, 3.63) is 34.9 Å². The maximum absolute atomic E-state index is 12.1. The van der Waals surface area contributed by atoms with E-state index >= 15 is 0 Å². The Morgan fingerprint density at radius 2 is 2.00 bits per heavy atom. The molecule has 1 aromatic carbocycles. The van der Waals surface area contributed by atoms with Crippen molar-refractivity contribution >= 4 is 5.78 Å². The van der Waals surface area contributed by atoms with E-state index in [1.54, 1.807) is 0 Å². The molecule has 0 saturated carbocycles. The summed E-state index contributed by atoms with van der Waals surface area (Å²) >= 11 is 0. The van der Waals surface area contributed by atoms with Crippen LogP contribution in [0, 0.1) is 19.8 Å². The van der Waals surface area contributed by atoms with Crippen molar-refractivity contribution in [3.8, 4) is 0 Å². The molecule has 0 amide bonds. The van der Waals surface area contributed by atoms with Crippen molar-refractivity contribution in [1.29, 1.82) is 0 Å². The number of carbonyl (C=O) groups is 1. The molecule has 2 heteroatoms. The lowest BCUT2D eigenvalue weighted by Crippen LogP contribution is -2.09. The molecule has 0 aromatic heterocycles. The van der Waals surface area contributed by atoms with Crippen molar-refractivity contribution < 1.29 is 4.79 Å². The predicted molar refractivity (Wildman–Crippen MR) is 72.3 cm³/mol. The standard InChI is InChI=1S/C15H23NO/c1-11(9-10-16)7-8-15(17)14-6-4-5-12(2)13(14)3/h4-6,11H,7-10,16H2,1-3H3. The van der Waals surface area contributed by atoms with Crippen molar-refractivity contribution in [2.45, 2.75) is 40.0 Å². The van der Waals surface area contributed by atoms with Gasteiger partial charge in [0, 0.05) is 12.0 Å². The lowest BCUT2D eigenvalue weighted by molar-refractivity contribution is 0.0973. The Morgan fingerprint density at radius 1 is 1.29 bits per heavy atom. The fourth-order valence-corrected chi connectivity index (χ4v) is 1.99. The van der Waals surface area contributed by atoms with Gasteiger partial charge in [0.05, 0.1) is 0 Å². The molecule has 2 nitrogen and oxygen atoms in total. The van der Waals surface area contributed by atoms with Crippen LogP contribution >= 0.6 is 0 Å². The summed E-state index contributed by atoms with van der Waals surface area (Å²) < 4.78 is 0. The summed E-state index contributed by atoms with van der Waals surface area (Å²) in [6.07, 6.45) is 2.56. The number of aryl methyl sites for hydroxylation is 1. The third-order valence-corrected chi connectivity index (χ3v) is 3.43. The molecule has 0 fully saturated rings. The molecule has 0 heterocycles. The van der Waals surface area contributed by atoms with Gasteiger partial charge in [0.25, 0.3) is 0 Å². The van der Waals surface area contributed by atoms with Gasteiger partial charge in [-0.05, 0) is 50.3 Å². The van der Waals surface area contributed by atoms with Gasteiger partial charge in [-0.3, -0.25) is 4.79 Å². The highest BCUT2D eigenvalue weighted by Gasteiger charge is 2.11. The number of hydrogen-bond acceptors (Lipinski definition) is 2. The third-order valence-electron chi connectivity index (χ3n) is 3.43. The van der Waals surface area contributed by atoms with Crippen LogP contribution in [0.1, 0.15) is 47.7 Å². The van der Waals surface area contributed by atoms with E-state index in [0.29, 0.717) is 18.9 Å². The van der Waals surface area contributed by atoms with Gasteiger partial charge in [0.2, 0.25) is 0 Å². The number of Topliss-reactive ketones (excluding diaryl/α,β-unsaturated/α-hetero) is 1. The van der Waals surface area contributed by atoms with Crippen LogP contribution in [0.3, 0.4) is 0 Å². The average molecular weight is 233 g/mol. The normalized spacial score (nSPS) is 12.5. The topological polar surface area (TPSA) is 43.1 Å². The molecular weight excluding hydrogens is 210 g/mol. The molecule has 0 bridgehead atoms. The molecule has 2 N–H and O–H groups in total. The molecule has 0 aliphatic heterocycles. The number of carbonyl (C=O) groups excluding carboxylic acids is 1. The molecule has 1 atom stereocenters. The van der Waals surface area contributed by atoms with Crippen LogP contribution in [0.4, 0.5) is 0 Å². The van der Waals surface area contributed by atoms with Gasteiger partial charge >= 0.3 is 0 Å². The van der Waals surface area contributed by atoms with Crippen molar-refractivity contribution in [1.82, 2.24) is 0 Å². The second-order valence-electron chi connectivity index (χ2n) is 4.89. The zero-order chi connectivity index (χ0) is 12.8. The second-order valence-corrected chi connectivity index (χ2v) is 4.89. The van der Waals surface area contributed by atoms with Crippen LogP contribution in [0.2, 0.25) is 0 Å². The summed E-state index contributed by atoms with van der Waals surface area (Å²) in [5.41, 5.74) is 8.69. The SMILES string of the molecule is Cc1cccc(C(=O)CCC(C)CCN)c1C. The lowest BCUT2D eigenvalue weighted by atomic mass is 9.94. The Labute approximate surface area is 104 Å². The molecule has 0 aliphatic rings. The number of hydrogen-bond donors (Lipinski definition) is 1. The van der Waals surface area contributed by atoms with Crippen LogP contribution in [0.5, 0.6) is 0 Å². The minimum absolute atomic E-state index is 0.259. The highest BCUT2D eigenvalue weighted by atomic mass is 16.1. The molecule has 1 rings (SSSR count). The van der Waals surface area contributed by atoms with Gasteiger partial charge in [-0.1, -0.05) is 25.1 Å². The zero-order valence-electron chi connectivity index (χ0n) is 11.1. The maximum atomic E-state index is 12.1. The summed E-state index contributed by atoms with van der Waals surface area (Å²) in [4.78, 5) is 12.1. The number of benzene rings is 1. The lowest BCUT2D eigenvalue weighted by Gasteiger charge is -2.11. The molecule has 1 aromatic rings. The number of ketones is 1. The molecule has 94 valence electrons. The number of nitrogens with two attached hydrogens (primary N) is 1. The predicted octanol–water partition coefficient (Wildman–Crippen LogP) is 3.25. The zero-order valence-corrected chi connectivity index (χ0v) is 11.1. The quantitative estimate of drug-likeness (QED) is 0.766. The molecule has 1 unspecified atom stereocenters. The first-order valence-electron chi connectivity index (χ1n) is 6.35. The highest BCUT2D eigenvalue weighted by Crippen LogP contribution is 2.17. The minimum Gasteiger partial charge on any atom is -0.330 e. The molecule has 0 spiro atoms. The van der Waals surface area contributed by atoms with Gasteiger partial charge < -0.3 is 5.73 Å². The van der Waals surface area contributed by atoms with Crippen LogP contribution in [0.25, 0.3) is 0 Å². The first kappa shape index (κ1) is 13.9. The number of rotatable bonds is 6. The first-order valence-corrected chi connectivity index (χ1v) is 6.35. The summed E-state index contributed by atoms with van der Waals surface area (Å²) in [5.74, 6) is 0.795. The first-order chi connectivity index (χ1) is 8.06. The largest absolute Gasteiger partial charge is 0.330 e. The third kappa shape index (κ3) is 3.97. The van der Waals surface area contributed by atoms with Crippen LogP contribution < -0.4 is 5.73 Å². The Kier molecular flexibility index (Phi) is 5.36. The van der Waals surface area contributed by atoms with Gasteiger partial charge in [-0.15, -0.1) is 0 Å². The van der Waals surface area contributed by atoms with Gasteiger partial charge in [-0.2, -0.15) is 0 Å². The Hall–Kier alpha value is -1.15. The van der Waals surface area contributed by atoms with Crippen molar-refractivity contribution in [3.63, 3.8) is 0 Å². The summed E-state index contributed by atoms with van der Waals surface area (Å²) in [5, 5.41) is 0. The second kappa shape index (κ2) is 6.55. The van der Waals surface area contributed by atoms with E-state index in [2.05, 4.69) is 6.92 Å². The molecule has 0 aliphatic carbocycles. The van der Waals surface area contributed by atoms with E-state index in [-0.39, 0.29) is 5.78 Å². The summed E-state index contributed by atoms with van der Waals surface area (Å²) in [7, 11) is 0. The Balaban J connectivity index is 2.61. The molecule has 0 saturated heterocycles. The van der Waals surface area contributed by atoms with Crippen molar-refractivity contribution in [2.24, 2.45) is 11.7 Å². The fourth-order valence-electron chi connectivity index (χ4n) is 1.99. The minimum atomic E-state index is 0.259. The monoisotopic (exact) mass is 233 g/mol. The van der Waals surface area contributed by atoms with Crippen LogP contribution in [-0.2, 0) is 0 Å². The Morgan fingerprint density at radius 3 is 2.65 bits per heavy atom. The average Bonchev–Trinajstić information content (AvgIpc) is 2.30. The summed E-state index contributed by atoms with van der Waals surface area (Å²) in [6.45, 7) is 6.93. The van der Waals surface area contributed by atoms with Gasteiger partial charge in [0.15, 0.2) is 5.78 Å². The Bertz CT molecular complexity index is 385. The van der Waals surface area contributed by atoms with E-state index in [0.717, 1.165) is 24.0 Å². The van der Waals surface area contributed by atoms with E-state index in [9.17, 15) is 4.79 Å². The van der Waals surface area contributed by atoms with Crippen LogP contribution in [-0.4, -0.2) is 12.3 Å². The summed E-state index contributed by atoms with van der Waals surface area (Å²) in [6, 6.07) is 5.93. The highest BCUT2D eigenvalue weighted by molar-refractivity contribution is 5.97. The fraction of sp³-hybridized carbons (Fsp3) is 0.533. The molecule has 17 heavy (non-hydrogen) atoms.